The molecule has 0 N–H and O–H groups in total. The molecule has 0 bridgehead atoms. The normalized spacial score (nSPS) is 26.9. The van der Waals surface area contributed by atoms with Crippen molar-refractivity contribution < 1.29 is 4.39 Å². The molecule has 0 saturated carbocycles. The molecule has 5 heteroatoms. The molecule has 0 unspecified atom stereocenters. The van der Waals surface area contributed by atoms with Crippen molar-refractivity contribution >= 4 is 16.9 Å². The first-order valence-corrected chi connectivity index (χ1v) is 8.28. The third-order valence-corrected chi connectivity index (χ3v) is 5.19. The molecule has 22 heavy (non-hydrogen) atoms. The van der Waals surface area contributed by atoms with Gasteiger partial charge in [0.1, 0.15) is 11.9 Å². The number of aromatic nitrogens is 1. The molecule has 112 valence electrons. The summed E-state index contributed by atoms with van der Waals surface area (Å²) < 4.78 is 13.3. The molecule has 1 aromatic carbocycles. The van der Waals surface area contributed by atoms with Gasteiger partial charge >= 0.3 is 0 Å². The number of hydrogen-bond donors (Lipinski definition) is 0. The summed E-state index contributed by atoms with van der Waals surface area (Å²) in [4.78, 5) is 11.7. The van der Waals surface area contributed by atoms with Crippen LogP contribution in [0.1, 0.15) is 30.3 Å². The summed E-state index contributed by atoms with van der Waals surface area (Å²) in [7, 11) is 0. The van der Waals surface area contributed by atoms with Gasteiger partial charge < -0.3 is 4.90 Å². The largest absolute Gasteiger partial charge is 0.341 e. The average Bonchev–Trinajstić information content (AvgIpc) is 3.05. The lowest BCUT2D eigenvalue weighted by Crippen LogP contribution is -2.28. The first kappa shape index (κ1) is 13.8. The first-order valence-electron chi connectivity index (χ1n) is 7.40. The summed E-state index contributed by atoms with van der Waals surface area (Å²) in [5.74, 6) is -0.207. The molecule has 1 aromatic heterocycles. The molecule has 3 heterocycles. The third-order valence-electron chi connectivity index (χ3n) is 4.09. The fourth-order valence-electron chi connectivity index (χ4n) is 3.14. The Balaban J connectivity index is 1.76. The van der Waals surface area contributed by atoms with E-state index in [-0.39, 0.29) is 17.9 Å². The van der Waals surface area contributed by atoms with E-state index in [1.807, 2.05) is 42.1 Å². The van der Waals surface area contributed by atoms with Crippen LogP contribution in [0.4, 0.5) is 4.39 Å². The predicted octanol–water partition coefficient (Wildman–Crippen LogP) is 3.81. The second-order valence-corrected chi connectivity index (χ2v) is 7.09. The second-order valence-electron chi connectivity index (χ2n) is 5.69. The Bertz CT molecular complexity index is 702. The molecule has 1 fully saturated rings. The maximum absolute atomic E-state index is 13.3. The Kier molecular flexibility index (Phi) is 3.37. The van der Waals surface area contributed by atoms with Gasteiger partial charge in [0.25, 0.3) is 0 Å². The number of fused-ring (bicyclic) bond motifs is 1. The molecular formula is C17H16FN3S. The minimum absolute atomic E-state index is 0.0262. The van der Waals surface area contributed by atoms with Crippen LogP contribution in [0.2, 0.25) is 0 Å². The molecule has 3 nitrogen and oxygen atoms in total. The molecule has 2 aliphatic rings. The highest BCUT2D eigenvalue weighted by molar-refractivity contribution is 8.14. The monoisotopic (exact) mass is 313 g/mol. The van der Waals surface area contributed by atoms with Crippen molar-refractivity contribution in [3.63, 3.8) is 0 Å². The fraction of sp³-hybridized carbons (Fsp3) is 0.294. The van der Waals surface area contributed by atoms with Crippen molar-refractivity contribution in [3.8, 4) is 0 Å². The number of thioether (sulfide) groups is 1. The molecule has 2 aliphatic heterocycles. The Morgan fingerprint density at radius 2 is 2.00 bits per heavy atom. The minimum atomic E-state index is -0.207. The number of hydrogen-bond acceptors (Lipinski definition) is 4. The molecule has 4 rings (SSSR count). The SMILES string of the molecule is C[C@@H]1CN2C(=N[C@@H](c3ccccn3)[C@H]2c2ccc(F)cc2)S1. The molecule has 0 radical (unpaired) electrons. The van der Waals surface area contributed by atoms with E-state index in [2.05, 4.69) is 16.8 Å². The standard InChI is InChI=1S/C17H16FN3S/c1-11-10-21-16(12-5-7-13(18)8-6-12)15(20-17(21)22-11)14-4-2-3-9-19-14/h2-9,11,15-16H,10H2,1H3/t11-,15+,16-/m1/s1. The molecule has 0 spiro atoms. The molecule has 2 aromatic rings. The van der Waals surface area contributed by atoms with Crippen LogP contribution in [-0.4, -0.2) is 26.8 Å². The maximum Gasteiger partial charge on any atom is 0.160 e. The third kappa shape index (κ3) is 2.29. The van der Waals surface area contributed by atoms with Crippen molar-refractivity contribution in [2.24, 2.45) is 4.99 Å². The zero-order valence-corrected chi connectivity index (χ0v) is 13.0. The molecule has 0 aliphatic carbocycles. The number of aliphatic imine (C=N–C) groups is 1. The van der Waals surface area contributed by atoms with E-state index in [1.54, 1.807) is 6.20 Å². The van der Waals surface area contributed by atoms with Crippen molar-refractivity contribution in [2.75, 3.05) is 6.54 Å². The van der Waals surface area contributed by atoms with E-state index in [0.717, 1.165) is 23.0 Å². The summed E-state index contributed by atoms with van der Waals surface area (Å²) in [6.07, 6.45) is 1.80. The number of amidine groups is 1. The van der Waals surface area contributed by atoms with Gasteiger partial charge in [-0.05, 0) is 29.8 Å². The quantitative estimate of drug-likeness (QED) is 0.844. The number of rotatable bonds is 2. The first-order chi connectivity index (χ1) is 10.7. The summed E-state index contributed by atoms with van der Waals surface area (Å²) in [5.41, 5.74) is 2.05. The van der Waals surface area contributed by atoms with Gasteiger partial charge in [-0.25, -0.2) is 4.39 Å². The number of halogens is 1. The summed E-state index contributed by atoms with van der Waals surface area (Å²) in [6, 6.07) is 12.8. The van der Waals surface area contributed by atoms with Crippen LogP contribution in [-0.2, 0) is 0 Å². The number of nitrogens with zero attached hydrogens (tertiary/aromatic N) is 3. The maximum atomic E-state index is 13.3. The van der Waals surface area contributed by atoms with Gasteiger partial charge in [0, 0.05) is 18.0 Å². The molecule has 0 amide bonds. The summed E-state index contributed by atoms with van der Waals surface area (Å²) >= 11 is 1.81. The van der Waals surface area contributed by atoms with E-state index >= 15 is 0 Å². The van der Waals surface area contributed by atoms with E-state index in [1.165, 1.54) is 12.1 Å². The van der Waals surface area contributed by atoms with Crippen molar-refractivity contribution in [3.05, 3.63) is 65.7 Å². The highest BCUT2D eigenvalue weighted by Crippen LogP contribution is 2.47. The van der Waals surface area contributed by atoms with E-state index in [4.69, 9.17) is 4.99 Å². The van der Waals surface area contributed by atoms with E-state index < -0.39 is 0 Å². The van der Waals surface area contributed by atoms with Gasteiger partial charge in [0.15, 0.2) is 5.17 Å². The van der Waals surface area contributed by atoms with Gasteiger partial charge in [-0.15, -0.1) is 0 Å². The van der Waals surface area contributed by atoms with Crippen LogP contribution in [0, 0.1) is 5.82 Å². The number of benzene rings is 1. The van der Waals surface area contributed by atoms with E-state index in [0.29, 0.717) is 5.25 Å². The smallest absolute Gasteiger partial charge is 0.160 e. The minimum Gasteiger partial charge on any atom is -0.341 e. The van der Waals surface area contributed by atoms with Crippen molar-refractivity contribution in [1.29, 1.82) is 0 Å². The van der Waals surface area contributed by atoms with Gasteiger partial charge in [0.05, 0.1) is 11.7 Å². The van der Waals surface area contributed by atoms with Gasteiger partial charge in [-0.2, -0.15) is 0 Å². The lowest BCUT2D eigenvalue weighted by atomic mass is 9.96. The molecule has 3 atom stereocenters. The van der Waals surface area contributed by atoms with Crippen molar-refractivity contribution in [2.45, 2.75) is 24.3 Å². The fourth-order valence-corrected chi connectivity index (χ4v) is 4.23. The van der Waals surface area contributed by atoms with Crippen LogP contribution in [0.25, 0.3) is 0 Å². The summed E-state index contributed by atoms with van der Waals surface area (Å²) in [5, 5.41) is 1.61. The van der Waals surface area contributed by atoms with Crippen LogP contribution in [0.5, 0.6) is 0 Å². The van der Waals surface area contributed by atoms with Crippen LogP contribution in [0.3, 0.4) is 0 Å². The lowest BCUT2D eigenvalue weighted by molar-refractivity contribution is 0.321. The van der Waals surface area contributed by atoms with Crippen molar-refractivity contribution in [1.82, 2.24) is 9.88 Å². The van der Waals surface area contributed by atoms with Gasteiger partial charge in [-0.1, -0.05) is 36.9 Å². The van der Waals surface area contributed by atoms with Gasteiger partial charge in [0.2, 0.25) is 0 Å². The molecule has 1 saturated heterocycles. The zero-order valence-electron chi connectivity index (χ0n) is 12.2. The van der Waals surface area contributed by atoms with Crippen LogP contribution in [0.15, 0.2) is 53.7 Å². The summed E-state index contributed by atoms with van der Waals surface area (Å²) in [6.45, 7) is 3.18. The zero-order chi connectivity index (χ0) is 15.1. The average molecular weight is 313 g/mol. The second kappa shape index (κ2) is 5.39. The highest BCUT2D eigenvalue weighted by atomic mass is 32.2. The van der Waals surface area contributed by atoms with Crippen LogP contribution < -0.4 is 0 Å². The topological polar surface area (TPSA) is 28.5 Å². The van der Waals surface area contributed by atoms with E-state index in [9.17, 15) is 4.39 Å². The Morgan fingerprint density at radius 1 is 1.18 bits per heavy atom. The number of pyridine rings is 1. The Hall–Kier alpha value is -1.88. The lowest BCUT2D eigenvalue weighted by Gasteiger charge is -2.27. The molecular weight excluding hydrogens is 297 g/mol. The van der Waals surface area contributed by atoms with Crippen LogP contribution >= 0.6 is 11.8 Å². The highest BCUT2D eigenvalue weighted by Gasteiger charge is 2.43. The Morgan fingerprint density at radius 3 is 2.73 bits per heavy atom. The Labute approximate surface area is 133 Å². The predicted molar refractivity (Wildman–Crippen MR) is 87.3 cm³/mol. The van der Waals surface area contributed by atoms with Gasteiger partial charge in [-0.3, -0.25) is 9.98 Å².